The largest absolute Gasteiger partial charge is 0.477 e. The molecule has 0 spiro atoms. The number of aromatic carboxylic acids is 1. The van der Waals surface area contributed by atoms with Gasteiger partial charge in [0.2, 0.25) is 0 Å². The van der Waals surface area contributed by atoms with Crippen molar-refractivity contribution in [3.05, 3.63) is 23.9 Å². The quantitative estimate of drug-likeness (QED) is 0.641. The summed E-state index contributed by atoms with van der Waals surface area (Å²) in [4.78, 5) is 10.9. The molecule has 14 heavy (non-hydrogen) atoms. The van der Waals surface area contributed by atoms with Gasteiger partial charge in [-0.3, -0.25) is 4.68 Å². The monoisotopic (exact) mass is 186 g/mol. The van der Waals surface area contributed by atoms with Gasteiger partial charge in [-0.05, 0) is 0 Å². The summed E-state index contributed by atoms with van der Waals surface area (Å²) in [6.07, 6.45) is 0. The zero-order valence-corrected chi connectivity index (χ0v) is 7.56. The van der Waals surface area contributed by atoms with E-state index in [1.165, 1.54) is 4.68 Å². The number of aryl methyl sites for hydroxylation is 1. The Balaban J connectivity index is 2.90. The van der Waals surface area contributed by atoms with Crippen molar-refractivity contribution in [2.45, 2.75) is 0 Å². The molecule has 2 rings (SSSR count). The van der Waals surface area contributed by atoms with E-state index >= 15 is 0 Å². The first-order chi connectivity index (χ1) is 6.61. The number of carbonyl (C=O) groups is 1. The molecule has 1 aromatic carbocycles. The van der Waals surface area contributed by atoms with Crippen LogP contribution in [0.3, 0.4) is 0 Å². The van der Waals surface area contributed by atoms with Crippen LogP contribution in [0.5, 0.6) is 0 Å². The first kappa shape index (κ1) is 8.81. The summed E-state index contributed by atoms with van der Waals surface area (Å²) >= 11 is 0. The van der Waals surface area contributed by atoms with Crippen LogP contribution in [-0.2, 0) is 7.05 Å². The Kier molecular flexibility index (Phi) is 1.80. The molecule has 0 atom stereocenters. The summed E-state index contributed by atoms with van der Waals surface area (Å²) in [5.74, 6) is -0.999. The van der Waals surface area contributed by atoms with Crippen molar-refractivity contribution in [3.8, 4) is 0 Å². The summed E-state index contributed by atoms with van der Waals surface area (Å²) in [5, 5.41) is 13.6. The van der Waals surface area contributed by atoms with Crippen molar-refractivity contribution in [2.24, 2.45) is 7.05 Å². The second kappa shape index (κ2) is 2.87. The number of nitrogens with zero attached hydrogens (tertiary/aromatic N) is 2. The molecule has 0 saturated heterocycles. The number of rotatable bonds is 1. The van der Waals surface area contributed by atoms with Crippen molar-refractivity contribution in [1.82, 2.24) is 9.78 Å². The molecular formula is C9H7BN2O2. The van der Waals surface area contributed by atoms with Crippen molar-refractivity contribution in [1.29, 1.82) is 0 Å². The molecule has 1 N–H and O–H groups in total. The number of benzene rings is 1. The molecule has 0 bridgehead atoms. The SMILES string of the molecule is [B]c1cccc2c(C(=O)O)n(C)nc12. The van der Waals surface area contributed by atoms with Crippen molar-refractivity contribution < 1.29 is 9.90 Å². The van der Waals surface area contributed by atoms with Crippen LogP contribution in [0.1, 0.15) is 10.5 Å². The third kappa shape index (κ3) is 1.09. The molecule has 0 unspecified atom stereocenters. The number of aromatic nitrogens is 2. The molecule has 2 aromatic rings. The predicted octanol–water partition coefficient (Wildman–Crippen LogP) is 0.0653. The Morgan fingerprint density at radius 3 is 2.93 bits per heavy atom. The zero-order chi connectivity index (χ0) is 10.3. The van der Waals surface area contributed by atoms with Gasteiger partial charge in [0.1, 0.15) is 7.85 Å². The highest BCUT2D eigenvalue weighted by Gasteiger charge is 2.15. The van der Waals surface area contributed by atoms with Crippen LogP contribution >= 0.6 is 0 Å². The van der Waals surface area contributed by atoms with Crippen LogP contribution in [0, 0.1) is 0 Å². The third-order valence-electron chi connectivity index (χ3n) is 2.10. The number of hydrogen-bond acceptors (Lipinski definition) is 2. The van der Waals surface area contributed by atoms with Crippen LogP contribution in [-0.4, -0.2) is 28.7 Å². The average Bonchev–Trinajstić information content (AvgIpc) is 2.42. The van der Waals surface area contributed by atoms with E-state index in [4.69, 9.17) is 13.0 Å². The Morgan fingerprint density at radius 1 is 1.57 bits per heavy atom. The van der Waals surface area contributed by atoms with Crippen LogP contribution in [0.4, 0.5) is 0 Å². The van der Waals surface area contributed by atoms with Gasteiger partial charge in [-0.25, -0.2) is 4.79 Å². The summed E-state index contributed by atoms with van der Waals surface area (Å²) in [6.45, 7) is 0. The van der Waals surface area contributed by atoms with E-state index in [2.05, 4.69) is 5.10 Å². The van der Waals surface area contributed by atoms with E-state index in [0.717, 1.165) is 0 Å². The molecule has 0 amide bonds. The van der Waals surface area contributed by atoms with Crippen LogP contribution in [0.15, 0.2) is 18.2 Å². The summed E-state index contributed by atoms with van der Waals surface area (Å²) in [7, 11) is 7.26. The molecule has 0 aliphatic carbocycles. The Bertz CT molecular complexity index is 519. The molecular weight excluding hydrogens is 179 g/mol. The third-order valence-corrected chi connectivity index (χ3v) is 2.10. The van der Waals surface area contributed by atoms with Gasteiger partial charge in [-0.15, -0.1) is 0 Å². The van der Waals surface area contributed by atoms with Gasteiger partial charge >= 0.3 is 5.97 Å². The van der Waals surface area contributed by atoms with Gasteiger partial charge in [0.15, 0.2) is 5.69 Å². The van der Waals surface area contributed by atoms with Gasteiger partial charge in [0.25, 0.3) is 0 Å². The van der Waals surface area contributed by atoms with Crippen molar-refractivity contribution >= 4 is 30.2 Å². The Morgan fingerprint density at radius 2 is 2.29 bits per heavy atom. The van der Waals surface area contributed by atoms with E-state index in [1.54, 1.807) is 25.2 Å². The van der Waals surface area contributed by atoms with Crippen molar-refractivity contribution in [3.63, 3.8) is 0 Å². The van der Waals surface area contributed by atoms with Gasteiger partial charge in [0.05, 0.1) is 5.52 Å². The van der Waals surface area contributed by atoms with Crippen LogP contribution in [0.2, 0.25) is 0 Å². The molecule has 1 heterocycles. The van der Waals surface area contributed by atoms with Crippen LogP contribution in [0.25, 0.3) is 10.9 Å². The first-order valence-corrected chi connectivity index (χ1v) is 4.05. The number of carboxylic acids is 1. The van der Waals surface area contributed by atoms with E-state index in [9.17, 15) is 4.79 Å². The maximum Gasteiger partial charge on any atom is 0.354 e. The minimum atomic E-state index is -0.999. The standard InChI is InChI=1S/C9H7BN2O2/c1-12-8(9(13)14)5-3-2-4-6(10)7(5)11-12/h2-4H,1H3,(H,13,14). The average molecular weight is 186 g/mol. The molecule has 68 valence electrons. The topological polar surface area (TPSA) is 55.1 Å². The van der Waals surface area contributed by atoms with E-state index < -0.39 is 5.97 Å². The fourth-order valence-corrected chi connectivity index (χ4v) is 1.49. The lowest BCUT2D eigenvalue weighted by atomic mass is 9.93. The lowest BCUT2D eigenvalue weighted by molar-refractivity contribution is 0.0687. The highest BCUT2D eigenvalue weighted by Crippen LogP contribution is 2.15. The molecule has 0 fully saturated rings. The molecule has 4 nitrogen and oxygen atoms in total. The molecule has 5 heteroatoms. The molecule has 0 aliphatic rings. The van der Waals surface area contributed by atoms with E-state index in [1.807, 2.05) is 0 Å². The summed E-state index contributed by atoms with van der Waals surface area (Å²) in [6, 6.07) is 5.11. The van der Waals surface area contributed by atoms with Gasteiger partial charge in [0, 0.05) is 12.4 Å². The van der Waals surface area contributed by atoms with Gasteiger partial charge in [-0.2, -0.15) is 5.10 Å². The molecule has 0 aliphatic heterocycles. The minimum Gasteiger partial charge on any atom is -0.477 e. The molecule has 0 saturated carbocycles. The second-order valence-corrected chi connectivity index (χ2v) is 3.02. The second-order valence-electron chi connectivity index (χ2n) is 3.02. The first-order valence-electron chi connectivity index (χ1n) is 4.05. The summed E-state index contributed by atoms with van der Waals surface area (Å²) in [5.41, 5.74) is 1.19. The smallest absolute Gasteiger partial charge is 0.354 e. The van der Waals surface area contributed by atoms with Gasteiger partial charge < -0.3 is 5.11 Å². The number of carboxylic acid groups (broad SMARTS) is 1. The molecule has 1 aromatic heterocycles. The number of fused-ring (bicyclic) bond motifs is 1. The highest BCUT2D eigenvalue weighted by atomic mass is 16.4. The van der Waals surface area contributed by atoms with Crippen molar-refractivity contribution in [2.75, 3.05) is 0 Å². The summed E-state index contributed by atoms with van der Waals surface area (Å²) < 4.78 is 1.32. The zero-order valence-electron chi connectivity index (χ0n) is 7.56. The normalized spacial score (nSPS) is 10.6. The highest BCUT2D eigenvalue weighted by molar-refractivity contribution is 6.38. The lowest BCUT2D eigenvalue weighted by Gasteiger charge is -1.94. The lowest BCUT2D eigenvalue weighted by Crippen LogP contribution is -2.05. The number of hydrogen-bond donors (Lipinski definition) is 1. The minimum absolute atomic E-state index is 0.160. The predicted molar refractivity (Wildman–Crippen MR) is 53.1 cm³/mol. The van der Waals surface area contributed by atoms with E-state index in [0.29, 0.717) is 16.4 Å². The fraction of sp³-hybridized carbons (Fsp3) is 0.111. The maximum atomic E-state index is 10.9. The molecule has 2 radical (unpaired) electrons. The fourth-order valence-electron chi connectivity index (χ4n) is 1.49. The Hall–Kier alpha value is -1.78. The maximum absolute atomic E-state index is 10.9. The van der Waals surface area contributed by atoms with Crippen LogP contribution < -0.4 is 5.46 Å². The van der Waals surface area contributed by atoms with Gasteiger partial charge in [-0.1, -0.05) is 23.7 Å². The van der Waals surface area contributed by atoms with E-state index in [-0.39, 0.29) is 5.69 Å². The Labute approximate surface area is 81.6 Å².